The monoisotopic (exact) mass is 264 g/mol. The minimum Gasteiger partial charge on any atom is -0.478 e. The highest BCUT2D eigenvalue weighted by atomic mass is 16.4. The van der Waals surface area contributed by atoms with E-state index < -0.39 is 11.9 Å². The van der Waals surface area contributed by atoms with E-state index in [1.807, 2.05) is 20.8 Å². The molecule has 0 fully saturated rings. The lowest BCUT2D eigenvalue weighted by molar-refractivity contribution is 0.0651. The molecule has 5 heteroatoms. The molecule has 5 nitrogen and oxygen atoms in total. The van der Waals surface area contributed by atoms with Crippen molar-refractivity contribution in [3.63, 3.8) is 0 Å². The number of hydrogen-bond acceptors (Lipinski definition) is 3. The molecule has 19 heavy (non-hydrogen) atoms. The van der Waals surface area contributed by atoms with Crippen LogP contribution < -0.4 is 0 Å². The maximum atomic E-state index is 12.0. The Labute approximate surface area is 110 Å². The fraction of sp³-hybridized carbons (Fsp3) is 0.357. The molecule has 1 aromatic rings. The molecule has 0 aliphatic carbocycles. The number of hydrogen-bond donors (Lipinski definition) is 2. The molecule has 0 saturated carbocycles. The summed E-state index contributed by atoms with van der Waals surface area (Å²) in [6.45, 7) is 5.69. The van der Waals surface area contributed by atoms with Crippen molar-refractivity contribution in [2.75, 3.05) is 0 Å². The second-order valence-electron chi connectivity index (χ2n) is 5.53. The fourth-order valence-corrected chi connectivity index (χ4v) is 1.66. The van der Waals surface area contributed by atoms with Gasteiger partial charge in [-0.05, 0) is 17.5 Å². The molecule has 1 rings (SSSR count). The first kappa shape index (κ1) is 14.9. The number of aromatic carboxylic acids is 2. The number of carbonyl (C=O) groups excluding carboxylic acids is 1. The van der Waals surface area contributed by atoms with Crippen LogP contribution in [-0.4, -0.2) is 27.9 Å². The maximum absolute atomic E-state index is 12.0. The normalized spacial score (nSPS) is 11.1. The third-order valence-electron chi connectivity index (χ3n) is 2.49. The Morgan fingerprint density at radius 2 is 1.53 bits per heavy atom. The van der Waals surface area contributed by atoms with Crippen LogP contribution in [0.15, 0.2) is 18.2 Å². The highest BCUT2D eigenvalue weighted by Gasteiger charge is 2.21. The molecule has 0 spiro atoms. The summed E-state index contributed by atoms with van der Waals surface area (Å²) >= 11 is 0. The van der Waals surface area contributed by atoms with E-state index in [2.05, 4.69) is 0 Å². The van der Waals surface area contributed by atoms with Crippen molar-refractivity contribution in [3.05, 3.63) is 34.9 Å². The van der Waals surface area contributed by atoms with E-state index >= 15 is 0 Å². The van der Waals surface area contributed by atoms with Crippen molar-refractivity contribution in [1.29, 1.82) is 0 Å². The summed E-state index contributed by atoms with van der Waals surface area (Å²) in [5.41, 5.74) is -0.684. The first-order valence-corrected chi connectivity index (χ1v) is 5.75. The zero-order valence-corrected chi connectivity index (χ0v) is 11.1. The van der Waals surface area contributed by atoms with E-state index in [1.165, 1.54) is 6.07 Å². The molecule has 0 aliphatic heterocycles. The molecular formula is C14H16O5. The Balaban J connectivity index is 3.19. The van der Waals surface area contributed by atoms with E-state index in [4.69, 9.17) is 10.2 Å². The van der Waals surface area contributed by atoms with Crippen LogP contribution in [-0.2, 0) is 0 Å². The van der Waals surface area contributed by atoms with E-state index in [0.717, 1.165) is 12.1 Å². The number of ketones is 1. The van der Waals surface area contributed by atoms with Gasteiger partial charge in [0, 0.05) is 12.0 Å². The van der Waals surface area contributed by atoms with Gasteiger partial charge in [-0.1, -0.05) is 26.8 Å². The van der Waals surface area contributed by atoms with Gasteiger partial charge >= 0.3 is 11.9 Å². The summed E-state index contributed by atoms with van der Waals surface area (Å²) in [6.07, 6.45) is 0.262. The highest BCUT2D eigenvalue weighted by Crippen LogP contribution is 2.22. The van der Waals surface area contributed by atoms with E-state index in [-0.39, 0.29) is 34.3 Å². The summed E-state index contributed by atoms with van der Waals surface area (Å²) < 4.78 is 0. The maximum Gasteiger partial charge on any atom is 0.336 e. The van der Waals surface area contributed by atoms with Gasteiger partial charge < -0.3 is 10.2 Å². The third-order valence-corrected chi connectivity index (χ3v) is 2.49. The van der Waals surface area contributed by atoms with Crippen LogP contribution in [0.3, 0.4) is 0 Å². The van der Waals surface area contributed by atoms with Gasteiger partial charge in [0.2, 0.25) is 0 Å². The van der Waals surface area contributed by atoms with Crippen LogP contribution in [0.4, 0.5) is 0 Å². The molecule has 0 unspecified atom stereocenters. The second kappa shape index (κ2) is 5.22. The van der Waals surface area contributed by atoms with Gasteiger partial charge in [0.05, 0.1) is 11.1 Å². The van der Waals surface area contributed by atoms with Crippen molar-refractivity contribution in [3.8, 4) is 0 Å². The summed E-state index contributed by atoms with van der Waals surface area (Å²) in [4.78, 5) is 33.9. The van der Waals surface area contributed by atoms with Crippen LogP contribution in [0.2, 0.25) is 0 Å². The van der Waals surface area contributed by atoms with Crippen LogP contribution in [0.5, 0.6) is 0 Å². The van der Waals surface area contributed by atoms with Crippen molar-refractivity contribution in [2.45, 2.75) is 27.2 Å². The summed E-state index contributed by atoms with van der Waals surface area (Å²) in [5, 5.41) is 17.9. The molecule has 2 N–H and O–H groups in total. The zero-order valence-electron chi connectivity index (χ0n) is 11.1. The molecule has 1 aromatic carbocycles. The number of carboxylic acid groups (broad SMARTS) is 2. The Hall–Kier alpha value is -2.17. The first-order valence-electron chi connectivity index (χ1n) is 5.75. The fourth-order valence-electron chi connectivity index (χ4n) is 1.66. The number of carbonyl (C=O) groups is 3. The highest BCUT2D eigenvalue weighted by molar-refractivity contribution is 6.05. The molecular weight excluding hydrogens is 248 g/mol. The number of carboxylic acids is 2. The lowest BCUT2D eigenvalue weighted by atomic mass is 9.87. The summed E-state index contributed by atoms with van der Waals surface area (Å²) in [7, 11) is 0. The number of rotatable bonds is 4. The van der Waals surface area contributed by atoms with Gasteiger partial charge in [0.15, 0.2) is 5.78 Å². The van der Waals surface area contributed by atoms with Gasteiger partial charge in [-0.25, -0.2) is 9.59 Å². The van der Waals surface area contributed by atoms with Crippen molar-refractivity contribution < 1.29 is 24.6 Å². The lowest BCUT2D eigenvalue weighted by Crippen LogP contribution is -2.15. The van der Waals surface area contributed by atoms with Crippen LogP contribution in [0.25, 0.3) is 0 Å². The second-order valence-corrected chi connectivity index (χ2v) is 5.53. The number of benzene rings is 1. The zero-order chi connectivity index (χ0) is 14.8. The van der Waals surface area contributed by atoms with Gasteiger partial charge in [0.1, 0.15) is 0 Å². The predicted octanol–water partition coefficient (Wildman–Crippen LogP) is 2.70. The SMILES string of the molecule is CC(C)(C)CC(=O)c1ccc(C(=O)O)c(C(=O)O)c1. The minimum absolute atomic E-state index is 0.202. The topological polar surface area (TPSA) is 91.7 Å². The molecule has 0 amide bonds. The quantitative estimate of drug-likeness (QED) is 0.816. The van der Waals surface area contributed by atoms with E-state index in [9.17, 15) is 14.4 Å². The molecule has 0 saturated heterocycles. The minimum atomic E-state index is -1.36. The molecule has 0 aliphatic rings. The lowest BCUT2D eigenvalue weighted by Gasteiger charge is -2.17. The predicted molar refractivity (Wildman–Crippen MR) is 68.8 cm³/mol. The Kier molecular flexibility index (Phi) is 4.09. The first-order chi connectivity index (χ1) is 8.61. The summed E-state index contributed by atoms with van der Waals surface area (Å²) in [6, 6.07) is 3.63. The summed E-state index contributed by atoms with van der Waals surface area (Å²) in [5.74, 6) is -2.89. The van der Waals surface area contributed by atoms with Crippen LogP contribution >= 0.6 is 0 Å². The van der Waals surface area contributed by atoms with Gasteiger partial charge in [-0.15, -0.1) is 0 Å². The van der Waals surface area contributed by atoms with Crippen LogP contribution in [0.1, 0.15) is 58.3 Å². The molecule has 0 radical (unpaired) electrons. The largest absolute Gasteiger partial charge is 0.478 e. The van der Waals surface area contributed by atoms with Crippen LogP contribution in [0, 0.1) is 5.41 Å². The average molecular weight is 264 g/mol. The molecule has 102 valence electrons. The average Bonchev–Trinajstić information content (AvgIpc) is 2.25. The molecule has 0 atom stereocenters. The van der Waals surface area contributed by atoms with E-state index in [0.29, 0.717) is 0 Å². The van der Waals surface area contributed by atoms with E-state index in [1.54, 1.807) is 0 Å². The Bertz CT molecular complexity index is 537. The smallest absolute Gasteiger partial charge is 0.336 e. The Morgan fingerprint density at radius 1 is 1.00 bits per heavy atom. The number of Topliss-reactive ketones (excluding diaryl/α,β-unsaturated/α-hetero) is 1. The standard InChI is InChI=1S/C14H16O5/c1-14(2,3)7-11(15)8-4-5-9(12(16)17)10(6-8)13(18)19/h4-6H,7H2,1-3H3,(H,16,17)(H,18,19). The third kappa shape index (κ3) is 3.91. The molecule has 0 bridgehead atoms. The van der Waals surface area contributed by atoms with Crippen molar-refractivity contribution in [1.82, 2.24) is 0 Å². The van der Waals surface area contributed by atoms with Crippen molar-refractivity contribution >= 4 is 17.7 Å². The van der Waals surface area contributed by atoms with Crippen molar-refractivity contribution in [2.24, 2.45) is 5.41 Å². The molecule has 0 aromatic heterocycles. The Morgan fingerprint density at radius 3 is 1.95 bits per heavy atom. The van der Waals surface area contributed by atoms with Gasteiger partial charge in [0.25, 0.3) is 0 Å². The van der Waals surface area contributed by atoms with Gasteiger partial charge in [-0.3, -0.25) is 4.79 Å². The molecule has 0 heterocycles. The van der Waals surface area contributed by atoms with Gasteiger partial charge in [-0.2, -0.15) is 0 Å².